The molecule has 1 aliphatic rings. The summed E-state index contributed by atoms with van der Waals surface area (Å²) in [5.41, 5.74) is 8.61. The first-order chi connectivity index (χ1) is 13.7. The first-order valence-corrected chi connectivity index (χ1v) is 12.0. The molecule has 154 valence electrons. The summed E-state index contributed by atoms with van der Waals surface area (Å²) in [5, 5.41) is 0.710. The van der Waals surface area contributed by atoms with Crippen LogP contribution in [0.5, 0.6) is 0 Å². The first kappa shape index (κ1) is 20.1. The molecule has 3 heterocycles. The summed E-state index contributed by atoms with van der Waals surface area (Å²) in [7, 11) is -1.37. The zero-order valence-corrected chi connectivity index (χ0v) is 18.1. The number of benzene rings is 1. The largest absolute Gasteiger partial charge is 0.399 e. The lowest BCUT2D eigenvalue weighted by atomic mass is 10.1. The molecule has 9 heteroatoms. The molecule has 0 unspecified atom stereocenters. The Morgan fingerprint density at radius 3 is 2.52 bits per heavy atom. The van der Waals surface area contributed by atoms with E-state index in [0.717, 1.165) is 20.7 Å². The number of hydrogen-bond donors (Lipinski definition) is 1. The van der Waals surface area contributed by atoms with E-state index in [2.05, 4.69) is 4.90 Å². The molecule has 0 bridgehead atoms. The van der Waals surface area contributed by atoms with Crippen molar-refractivity contribution in [3.8, 4) is 11.1 Å². The highest BCUT2D eigenvalue weighted by molar-refractivity contribution is 7.88. The minimum Gasteiger partial charge on any atom is -0.399 e. The number of rotatable bonds is 4. The zero-order valence-electron chi connectivity index (χ0n) is 16.5. The van der Waals surface area contributed by atoms with Crippen molar-refractivity contribution in [1.29, 1.82) is 0 Å². The van der Waals surface area contributed by atoms with Crippen LogP contribution >= 0.6 is 11.3 Å². The zero-order chi connectivity index (χ0) is 20.8. The van der Waals surface area contributed by atoms with E-state index in [0.29, 0.717) is 43.8 Å². The molecule has 29 heavy (non-hydrogen) atoms. The van der Waals surface area contributed by atoms with Gasteiger partial charge in [-0.1, -0.05) is 12.1 Å². The van der Waals surface area contributed by atoms with Crippen molar-refractivity contribution in [3.05, 3.63) is 51.8 Å². The molecule has 0 saturated carbocycles. The van der Waals surface area contributed by atoms with Crippen molar-refractivity contribution >= 4 is 37.1 Å². The highest BCUT2D eigenvalue weighted by Gasteiger charge is 2.24. The number of aryl methyl sites for hydroxylation is 1. The number of fused-ring (bicyclic) bond motifs is 1. The van der Waals surface area contributed by atoms with Gasteiger partial charge < -0.3 is 10.3 Å². The molecule has 1 saturated heterocycles. The van der Waals surface area contributed by atoms with Crippen molar-refractivity contribution in [1.82, 2.24) is 13.8 Å². The molecule has 1 aliphatic heterocycles. The van der Waals surface area contributed by atoms with Crippen molar-refractivity contribution in [3.63, 3.8) is 0 Å². The molecule has 4 rings (SSSR count). The maximum absolute atomic E-state index is 12.7. The van der Waals surface area contributed by atoms with Crippen LogP contribution < -0.4 is 11.3 Å². The van der Waals surface area contributed by atoms with Gasteiger partial charge in [-0.2, -0.15) is 4.31 Å². The standard InChI is InChI=1S/C20H24N4O3S2/c1-22-13-18(14-4-3-5-15(21)10-14)19-17(20(22)25)11-16(28-19)12-23-6-8-24(9-7-23)29(2,26)27/h3-5,10-11,13H,6-9,12,21H2,1-2H3. The Balaban J connectivity index is 1.65. The molecule has 0 radical (unpaired) electrons. The van der Waals surface area contributed by atoms with E-state index < -0.39 is 10.0 Å². The van der Waals surface area contributed by atoms with E-state index in [1.807, 2.05) is 36.5 Å². The van der Waals surface area contributed by atoms with Gasteiger partial charge in [-0.25, -0.2) is 8.42 Å². The number of nitrogens with zero attached hydrogens (tertiary/aromatic N) is 3. The molecular formula is C20H24N4O3S2. The first-order valence-electron chi connectivity index (χ1n) is 9.38. The average molecular weight is 433 g/mol. The molecule has 1 fully saturated rings. The van der Waals surface area contributed by atoms with Gasteiger partial charge in [0.1, 0.15) is 0 Å². The van der Waals surface area contributed by atoms with Crippen molar-refractivity contribution in [2.75, 3.05) is 38.2 Å². The smallest absolute Gasteiger partial charge is 0.259 e. The van der Waals surface area contributed by atoms with Gasteiger partial charge in [0.2, 0.25) is 10.0 Å². The number of sulfonamides is 1. The number of hydrogen-bond acceptors (Lipinski definition) is 6. The topological polar surface area (TPSA) is 88.6 Å². The third-order valence-electron chi connectivity index (χ3n) is 5.28. The summed E-state index contributed by atoms with van der Waals surface area (Å²) in [6.45, 7) is 3.07. The predicted molar refractivity (Wildman–Crippen MR) is 119 cm³/mol. The quantitative estimate of drug-likeness (QED) is 0.637. The third-order valence-corrected chi connectivity index (χ3v) is 7.73. The van der Waals surface area contributed by atoms with Gasteiger partial charge in [-0.15, -0.1) is 11.3 Å². The van der Waals surface area contributed by atoms with Gasteiger partial charge in [0.15, 0.2) is 0 Å². The van der Waals surface area contributed by atoms with Gasteiger partial charge in [0.25, 0.3) is 5.56 Å². The Hall–Kier alpha value is -2.20. The highest BCUT2D eigenvalue weighted by Crippen LogP contribution is 2.34. The van der Waals surface area contributed by atoms with Crippen LogP contribution in [-0.2, 0) is 23.6 Å². The summed E-state index contributed by atoms with van der Waals surface area (Å²) >= 11 is 1.62. The average Bonchev–Trinajstić information content (AvgIpc) is 3.08. The summed E-state index contributed by atoms with van der Waals surface area (Å²) in [4.78, 5) is 16.0. The normalized spacial score (nSPS) is 16.5. The highest BCUT2D eigenvalue weighted by atomic mass is 32.2. The van der Waals surface area contributed by atoms with E-state index in [1.54, 1.807) is 23.0 Å². The van der Waals surface area contributed by atoms with Gasteiger partial charge in [-0.05, 0) is 23.8 Å². The number of aromatic nitrogens is 1. The lowest BCUT2D eigenvalue weighted by Gasteiger charge is -2.32. The van der Waals surface area contributed by atoms with Crippen LogP contribution in [0, 0.1) is 0 Å². The lowest BCUT2D eigenvalue weighted by molar-refractivity contribution is 0.183. The Labute approximate surface area is 174 Å². The van der Waals surface area contributed by atoms with Gasteiger partial charge in [0.05, 0.1) is 11.6 Å². The number of nitrogens with two attached hydrogens (primary N) is 1. The van der Waals surface area contributed by atoms with Crippen LogP contribution in [0.1, 0.15) is 4.88 Å². The molecule has 2 aromatic heterocycles. The molecule has 0 atom stereocenters. The van der Waals surface area contributed by atoms with Crippen LogP contribution in [0.2, 0.25) is 0 Å². The number of anilines is 1. The van der Waals surface area contributed by atoms with E-state index in [9.17, 15) is 13.2 Å². The Morgan fingerprint density at radius 1 is 1.14 bits per heavy atom. The molecule has 0 spiro atoms. The second-order valence-electron chi connectivity index (χ2n) is 7.48. The molecule has 7 nitrogen and oxygen atoms in total. The summed E-state index contributed by atoms with van der Waals surface area (Å²) in [6, 6.07) is 9.65. The molecule has 3 aromatic rings. The fraction of sp³-hybridized carbons (Fsp3) is 0.350. The number of nitrogen functional groups attached to an aromatic ring is 1. The SMILES string of the molecule is Cn1cc(-c2cccc(N)c2)c2sc(CN3CCN(S(C)(=O)=O)CC3)cc2c1=O. The van der Waals surface area contributed by atoms with Crippen LogP contribution in [0.25, 0.3) is 21.2 Å². The summed E-state index contributed by atoms with van der Waals surface area (Å²) < 4.78 is 27.5. The molecule has 0 amide bonds. The number of piperazine rings is 1. The fourth-order valence-corrected chi connectivity index (χ4v) is 5.78. The van der Waals surface area contributed by atoms with Crippen LogP contribution in [0.15, 0.2) is 41.3 Å². The monoisotopic (exact) mass is 432 g/mol. The number of pyridine rings is 1. The third kappa shape index (κ3) is 4.09. The maximum Gasteiger partial charge on any atom is 0.259 e. The van der Waals surface area contributed by atoms with Gasteiger partial charge >= 0.3 is 0 Å². The van der Waals surface area contributed by atoms with E-state index in [4.69, 9.17) is 5.73 Å². The van der Waals surface area contributed by atoms with E-state index >= 15 is 0 Å². The van der Waals surface area contributed by atoms with Crippen LogP contribution in [-0.4, -0.2) is 54.6 Å². The minimum absolute atomic E-state index is 0.0166. The molecule has 2 N–H and O–H groups in total. The second-order valence-corrected chi connectivity index (χ2v) is 10.6. The fourth-order valence-electron chi connectivity index (χ4n) is 3.73. The maximum atomic E-state index is 12.7. The van der Waals surface area contributed by atoms with E-state index in [-0.39, 0.29) is 5.56 Å². The molecule has 0 aliphatic carbocycles. The van der Waals surface area contributed by atoms with Gasteiger partial charge in [-0.3, -0.25) is 9.69 Å². The predicted octanol–water partition coefficient (Wildman–Crippen LogP) is 1.93. The minimum atomic E-state index is -3.14. The molecular weight excluding hydrogens is 408 g/mol. The second kappa shape index (κ2) is 7.56. The van der Waals surface area contributed by atoms with Crippen molar-refractivity contribution in [2.45, 2.75) is 6.54 Å². The molecule has 1 aromatic carbocycles. The summed E-state index contributed by atoms with van der Waals surface area (Å²) in [5.74, 6) is 0. The Morgan fingerprint density at radius 2 is 1.86 bits per heavy atom. The van der Waals surface area contributed by atoms with Crippen molar-refractivity contribution < 1.29 is 8.42 Å². The van der Waals surface area contributed by atoms with Crippen LogP contribution in [0.4, 0.5) is 5.69 Å². The number of thiophene rings is 1. The lowest BCUT2D eigenvalue weighted by Crippen LogP contribution is -2.47. The van der Waals surface area contributed by atoms with Crippen molar-refractivity contribution in [2.24, 2.45) is 7.05 Å². The Bertz CT molecular complexity index is 1220. The Kier molecular flexibility index (Phi) is 5.24. The summed E-state index contributed by atoms with van der Waals surface area (Å²) in [6.07, 6.45) is 3.12. The van der Waals surface area contributed by atoms with E-state index in [1.165, 1.54) is 10.6 Å². The van der Waals surface area contributed by atoms with Crippen LogP contribution in [0.3, 0.4) is 0 Å². The van der Waals surface area contributed by atoms with Gasteiger partial charge in [0, 0.05) is 66.8 Å².